The average molecular weight is 272 g/mol. The van der Waals surface area contributed by atoms with E-state index >= 15 is 0 Å². The summed E-state index contributed by atoms with van der Waals surface area (Å²) < 4.78 is 19.7. The van der Waals surface area contributed by atoms with Gasteiger partial charge in [-0.05, 0) is 36.4 Å². The molecule has 0 aliphatic heterocycles. The van der Waals surface area contributed by atoms with Gasteiger partial charge in [-0.15, -0.1) is 0 Å². The Labute approximate surface area is 112 Å². The Morgan fingerprint density at radius 3 is 2.65 bits per heavy atom. The summed E-state index contributed by atoms with van der Waals surface area (Å²) >= 11 is 0. The normalized spacial score (nSPS) is 10.7. The van der Waals surface area contributed by atoms with Crippen LogP contribution in [0.15, 0.2) is 48.7 Å². The molecule has 0 aliphatic rings. The van der Waals surface area contributed by atoms with Crippen LogP contribution in [0.4, 0.5) is 4.39 Å². The highest BCUT2D eigenvalue weighted by atomic mass is 19.1. The first-order valence-corrected chi connectivity index (χ1v) is 5.79. The van der Waals surface area contributed by atoms with E-state index in [4.69, 9.17) is 4.74 Å². The molecule has 1 N–H and O–H groups in total. The number of aromatic nitrogens is 2. The van der Waals surface area contributed by atoms with Crippen molar-refractivity contribution in [3.63, 3.8) is 0 Å². The van der Waals surface area contributed by atoms with Gasteiger partial charge in [-0.25, -0.2) is 9.18 Å². The van der Waals surface area contributed by atoms with Crippen LogP contribution in [-0.4, -0.2) is 20.5 Å². The van der Waals surface area contributed by atoms with E-state index in [0.717, 1.165) is 0 Å². The second kappa shape index (κ2) is 4.65. The lowest BCUT2D eigenvalue weighted by molar-refractivity contribution is 0.0686. The SMILES string of the molecule is O=C(O)c1c(Oc2ccc(F)cc2)nc2ccccn12. The minimum absolute atomic E-state index is 0.0321. The highest BCUT2D eigenvalue weighted by molar-refractivity contribution is 5.89. The summed E-state index contributed by atoms with van der Waals surface area (Å²) in [5.74, 6) is -1.26. The standard InChI is InChI=1S/C14H9FN2O3/c15-9-4-6-10(7-5-9)20-13-12(14(18)19)17-8-2-1-3-11(17)16-13/h1-8H,(H,18,19). The number of rotatable bonds is 3. The molecular weight excluding hydrogens is 263 g/mol. The predicted octanol–water partition coefficient (Wildman–Crippen LogP) is 2.96. The van der Waals surface area contributed by atoms with Crippen LogP contribution in [-0.2, 0) is 0 Å². The Balaban J connectivity index is 2.08. The monoisotopic (exact) mass is 272 g/mol. The molecule has 3 aromatic rings. The number of imidazole rings is 1. The molecule has 3 rings (SSSR count). The van der Waals surface area contributed by atoms with Gasteiger partial charge in [-0.2, -0.15) is 4.98 Å². The molecule has 0 radical (unpaired) electrons. The van der Waals surface area contributed by atoms with Crippen LogP contribution in [0.25, 0.3) is 5.65 Å². The topological polar surface area (TPSA) is 63.8 Å². The van der Waals surface area contributed by atoms with Gasteiger partial charge >= 0.3 is 5.97 Å². The number of carboxylic acid groups (broad SMARTS) is 1. The number of hydrogen-bond donors (Lipinski definition) is 1. The summed E-state index contributed by atoms with van der Waals surface area (Å²) in [5, 5.41) is 9.27. The average Bonchev–Trinajstić information content (AvgIpc) is 2.79. The van der Waals surface area contributed by atoms with Gasteiger partial charge in [-0.1, -0.05) is 6.07 Å². The summed E-state index contributed by atoms with van der Waals surface area (Å²) in [7, 11) is 0. The molecule has 2 heterocycles. The third-order valence-corrected chi connectivity index (χ3v) is 2.73. The van der Waals surface area contributed by atoms with Crippen LogP contribution in [0.2, 0.25) is 0 Å². The fourth-order valence-electron chi connectivity index (χ4n) is 1.85. The Kier molecular flexibility index (Phi) is 2.83. The van der Waals surface area contributed by atoms with Gasteiger partial charge in [0, 0.05) is 6.20 Å². The van der Waals surface area contributed by atoms with E-state index in [9.17, 15) is 14.3 Å². The van der Waals surface area contributed by atoms with Crippen molar-refractivity contribution in [2.75, 3.05) is 0 Å². The van der Waals surface area contributed by atoms with Crippen molar-refractivity contribution >= 4 is 11.6 Å². The van der Waals surface area contributed by atoms with Crippen LogP contribution in [0.5, 0.6) is 11.6 Å². The minimum atomic E-state index is -1.15. The van der Waals surface area contributed by atoms with Crippen molar-refractivity contribution in [2.45, 2.75) is 0 Å². The van der Waals surface area contributed by atoms with Crippen LogP contribution >= 0.6 is 0 Å². The molecule has 100 valence electrons. The second-order valence-corrected chi connectivity index (χ2v) is 4.06. The number of ether oxygens (including phenoxy) is 1. The van der Waals surface area contributed by atoms with Crippen molar-refractivity contribution in [3.05, 3.63) is 60.2 Å². The molecule has 0 aliphatic carbocycles. The number of hydrogen-bond acceptors (Lipinski definition) is 3. The molecule has 0 saturated heterocycles. The first kappa shape index (κ1) is 12.2. The first-order valence-electron chi connectivity index (χ1n) is 5.79. The lowest BCUT2D eigenvalue weighted by Gasteiger charge is -2.03. The van der Waals surface area contributed by atoms with E-state index in [-0.39, 0.29) is 11.6 Å². The summed E-state index contributed by atoms with van der Waals surface area (Å²) in [6, 6.07) is 10.4. The maximum absolute atomic E-state index is 12.8. The van der Waals surface area contributed by atoms with Crippen LogP contribution in [0.3, 0.4) is 0 Å². The van der Waals surface area contributed by atoms with E-state index in [1.165, 1.54) is 28.7 Å². The van der Waals surface area contributed by atoms with Gasteiger partial charge in [0.05, 0.1) is 0 Å². The van der Waals surface area contributed by atoms with E-state index in [1.54, 1.807) is 24.4 Å². The number of carbonyl (C=O) groups is 1. The third kappa shape index (κ3) is 2.07. The molecule has 0 saturated carbocycles. The molecule has 5 nitrogen and oxygen atoms in total. The van der Waals surface area contributed by atoms with Crippen LogP contribution in [0, 0.1) is 5.82 Å². The zero-order valence-electron chi connectivity index (χ0n) is 10.2. The fraction of sp³-hybridized carbons (Fsp3) is 0. The number of pyridine rings is 1. The lowest BCUT2D eigenvalue weighted by atomic mass is 10.3. The smallest absolute Gasteiger partial charge is 0.358 e. The zero-order chi connectivity index (χ0) is 14.1. The molecule has 2 aromatic heterocycles. The fourth-order valence-corrected chi connectivity index (χ4v) is 1.85. The number of benzene rings is 1. The number of carboxylic acids is 1. The zero-order valence-corrected chi connectivity index (χ0v) is 10.2. The van der Waals surface area contributed by atoms with E-state index in [2.05, 4.69) is 4.98 Å². The molecule has 6 heteroatoms. The summed E-state index contributed by atoms with van der Waals surface area (Å²) in [6.45, 7) is 0. The minimum Gasteiger partial charge on any atom is -0.476 e. The number of aromatic carboxylic acids is 1. The van der Waals surface area contributed by atoms with Crippen LogP contribution in [0.1, 0.15) is 10.5 Å². The Morgan fingerprint density at radius 2 is 1.95 bits per heavy atom. The van der Waals surface area contributed by atoms with Crippen LogP contribution < -0.4 is 4.74 Å². The quantitative estimate of drug-likeness (QED) is 0.796. The van der Waals surface area contributed by atoms with Crippen molar-refractivity contribution in [3.8, 4) is 11.6 Å². The predicted molar refractivity (Wildman–Crippen MR) is 68.6 cm³/mol. The highest BCUT2D eigenvalue weighted by Crippen LogP contribution is 2.26. The molecule has 0 atom stereocenters. The summed E-state index contributed by atoms with van der Waals surface area (Å²) in [6.07, 6.45) is 1.59. The molecule has 0 bridgehead atoms. The molecule has 20 heavy (non-hydrogen) atoms. The molecule has 0 unspecified atom stereocenters. The second-order valence-electron chi connectivity index (χ2n) is 4.06. The van der Waals surface area contributed by atoms with E-state index < -0.39 is 11.8 Å². The Hall–Kier alpha value is -2.89. The molecule has 0 fully saturated rings. The van der Waals surface area contributed by atoms with Crippen molar-refractivity contribution < 1.29 is 19.0 Å². The Morgan fingerprint density at radius 1 is 1.20 bits per heavy atom. The maximum atomic E-state index is 12.8. The molecular formula is C14H9FN2O3. The van der Waals surface area contributed by atoms with Gasteiger partial charge < -0.3 is 9.84 Å². The number of halogens is 1. The molecule has 0 amide bonds. The van der Waals surface area contributed by atoms with Gasteiger partial charge in [0.1, 0.15) is 17.2 Å². The molecule has 1 aromatic carbocycles. The van der Waals surface area contributed by atoms with Gasteiger partial charge in [0.15, 0.2) is 5.69 Å². The maximum Gasteiger partial charge on any atom is 0.358 e. The van der Waals surface area contributed by atoms with Crippen molar-refractivity contribution in [1.29, 1.82) is 0 Å². The van der Waals surface area contributed by atoms with E-state index in [1.807, 2.05) is 0 Å². The van der Waals surface area contributed by atoms with Gasteiger partial charge in [-0.3, -0.25) is 4.40 Å². The van der Waals surface area contributed by atoms with Gasteiger partial charge in [0.2, 0.25) is 0 Å². The van der Waals surface area contributed by atoms with Crippen molar-refractivity contribution in [1.82, 2.24) is 9.38 Å². The lowest BCUT2D eigenvalue weighted by Crippen LogP contribution is -2.03. The summed E-state index contributed by atoms with van der Waals surface area (Å²) in [4.78, 5) is 15.5. The number of fused-ring (bicyclic) bond motifs is 1. The van der Waals surface area contributed by atoms with Gasteiger partial charge in [0.25, 0.3) is 5.88 Å². The summed E-state index contributed by atoms with van der Waals surface area (Å²) in [5.41, 5.74) is 0.381. The Bertz CT molecular complexity index is 781. The van der Waals surface area contributed by atoms with E-state index in [0.29, 0.717) is 11.4 Å². The number of nitrogens with zero attached hydrogens (tertiary/aromatic N) is 2. The first-order chi connectivity index (χ1) is 9.65. The largest absolute Gasteiger partial charge is 0.476 e. The van der Waals surface area contributed by atoms with Crippen molar-refractivity contribution in [2.24, 2.45) is 0 Å². The molecule has 0 spiro atoms. The third-order valence-electron chi connectivity index (χ3n) is 2.73. The highest BCUT2D eigenvalue weighted by Gasteiger charge is 2.20.